The number of hydrogen-bond acceptors (Lipinski definition) is 3. The van der Waals surface area contributed by atoms with Crippen LogP contribution in [-0.4, -0.2) is 42.5 Å². The Morgan fingerprint density at radius 1 is 1.14 bits per heavy atom. The van der Waals surface area contributed by atoms with Crippen LogP contribution >= 0.6 is 11.6 Å². The summed E-state index contributed by atoms with van der Waals surface area (Å²) in [5.74, 6) is 0.222. The van der Waals surface area contributed by atoms with E-state index >= 15 is 0 Å². The number of carbonyl (C=O) groups is 2. The number of amides is 2. The van der Waals surface area contributed by atoms with Gasteiger partial charge in [-0.3, -0.25) is 9.59 Å². The van der Waals surface area contributed by atoms with E-state index < -0.39 is 6.04 Å². The summed E-state index contributed by atoms with van der Waals surface area (Å²) in [6, 6.07) is 14.7. The van der Waals surface area contributed by atoms with Gasteiger partial charge in [0, 0.05) is 18.1 Å². The number of hydrogen-bond donors (Lipinski definition) is 1. The topological polar surface area (TPSA) is 58.6 Å². The number of nitrogens with one attached hydrogen (secondary N) is 1. The molecule has 0 saturated carbocycles. The monoisotopic (exact) mass is 416 g/mol. The Bertz CT molecular complexity index is 811. The SMILES string of the molecule is CCNC(=O)[C@@H](CC)N(CCc1ccccc1)C(=O)COc1ccc(Cl)c(C)c1. The summed E-state index contributed by atoms with van der Waals surface area (Å²) in [7, 11) is 0. The summed E-state index contributed by atoms with van der Waals surface area (Å²) in [4.78, 5) is 27.1. The first-order valence-electron chi connectivity index (χ1n) is 9.96. The van der Waals surface area contributed by atoms with Crippen LogP contribution in [0.25, 0.3) is 0 Å². The molecule has 1 N–H and O–H groups in total. The van der Waals surface area contributed by atoms with Crippen molar-refractivity contribution in [1.82, 2.24) is 10.2 Å². The van der Waals surface area contributed by atoms with Gasteiger partial charge in [-0.1, -0.05) is 48.9 Å². The molecule has 29 heavy (non-hydrogen) atoms. The van der Waals surface area contributed by atoms with Crippen LogP contribution < -0.4 is 10.1 Å². The van der Waals surface area contributed by atoms with Crippen molar-refractivity contribution in [2.75, 3.05) is 19.7 Å². The first kappa shape index (κ1) is 22.8. The summed E-state index contributed by atoms with van der Waals surface area (Å²) < 4.78 is 5.69. The Kier molecular flexibility index (Phi) is 9.00. The van der Waals surface area contributed by atoms with Gasteiger partial charge < -0.3 is 15.0 Å². The maximum absolute atomic E-state index is 13.0. The molecule has 6 heteroatoms. The fourth-order valence-corrected chi connectivity index (χ4v) is 3.24. The average Bonchev–Trinajstić information content (AvgIpc) is 2.72. The van der Waals surface area contributed by atoms with E-state index in [1.165, 1.54) is 0 Å². The molecular formula is C23H29ClN2O3. The van der Waals surface area contributed by atoms with Crippen molar-refractivity contribution >= 4 is 23.4 Å². The summed E-state index contributed by atoms with van der Waals surface area (Å²) >= 11 is 6.04. The summed E-state index contributed by atoms with van der Waals surface area (Å²) in [5, 5.41) is 3.48. The van der Waals surface area contributed by atoms with Crippen LogP contribution in [0.3, 0.4) is 0 Å². The molecule has 0 unspecified atom stereocenters. The van der Waals surface area contributed by atoms with Crippen LogP contribution in [0.5, 0.6) is 5.75 Å². The van der Waals surface area contributed by atoms with E-state index in [0.29, 0.717) is 36.7 Å². The van der Waals surface area contributed by atoms with E-state index in [2.05, 4.69) is 5.32 Å². The Morgan fingerprint density at radius 2 is 1.86 bits per heavy atom. The van der Waals surface area contributed by atoms with Crippen LogP contribution in [0.4, 0.5) is 0 Å². The molecule has 5 nitrogen and oxygen atoms in total. The molecule has 2 aromatic carbocycles. The van der Waals surface area contributed by atoms with Gasteiger partial charge in [0.1, 0.15) is 11.8 Å². The fraction of sp³-hybridized carbons (Fsp3) is 0.391. The lowest BCUT2D eigenvalue weighted by Crippen LogP contribution is -2.51. The zero-order valence-corrected chi connectivity index (χ0v) is 18.0. The smallest absolute Gasteiger partial charge is 0.261 e. The number of benzene rings is 2. The maximum atomic E-state index is 13.0. The first-order valence-corrected chi connectivity index (χ1v) is 10.3. The Labute approximate surface area is 178 Å². The molecule has 156 valence electrons. The summed E-state index contributed by atoms with van der Waals surface area (Å²) in [6.07, 6.45) is 1.20. The van der Waals surface area contributed by atoms with Gasteiger partial charge in [-0.2, -0.15) is 0 Å². The summed E-state index contributed by atoms with van der Waals surface area (Å²) in [5.41, 5.74) is 2.00. The molecule has 2 rings (SSSR count). The molecule has 0 bridgehead atoms. The van der Waals surface area contributed by atoms with E-state index in [9.17, 15) is 9.59 Å². The van der Waals surface area contributed by atoms with Gasteiger partial charge in [-0.05, 0) is 56.0 Å². The zero-order valence-electron chi connectivity index (χ0n) is 17.3. The molecule has 0 saturated heterocycles. The van der Waals surface area contributed by atoms with E-state index in [1.807, 2.05) is 51.1 Å². The number of nitrogens with zero attached hydrogens (tertiary/aromatic N) is 1. The number of aryl methyl sites for hydroxylation is 1. The second-order valence-corrected chi connectivity index (χ2v) is 7.25. The third kappa shape index (κ3) is 6.79. The van der Waals surface area contributed by atoms with Crippen molar-refractivity contribution in [2.24, 2.45) is 0 Å². The Hall–Kier alpha value is -2.53. The maximum Gasteiger partial charge on any atom is 0.261 e. The zero-order chi connectivity index (χ0) is 21.2. The molecule has 0 fully saturated rings. The van der Waals surface area contributed by atoms with Gasteiger partial charge in [0.15, 0.2) is 6.61 Å². The van der Waals surface area contributed by atoms with E-state index in [0.717, 1.165) is 11.1 Å². The van der Waals surface area contributed by atoms with Gasteiger partial charge in [-0.25, -0.2) is 0 Å². The van der Waals surface area contributed by atoms with Crippen LogP contribution in [-0.2, 0) is 16.0 Å². The highest BCUT2D eigenvalue weighted by molar-refractivity contribution is 6.31. The van der Waals surface area contributed by atoms with E-state index in [1.54, 1.807) is 23.1 Å². The predicted octanol–water partition coefficient (Wildman–Crippen LogP) is 4.01. The molecule has 0 aliphatic carbocycles. The quantitative estimate of drug-likeness (QED) is 0.636. The molecule has 0 radical (unpaired) electrons. The Morgan fingerprint density at radius 3 is 2.48 bits per heavy atom. The highest BCUT2D eigenvalue weighted by Gasteiger charge is 2.28. The van der Waals surface area contributed by atoms with Crippen molar-refractivity contribution in [1.29, 1.82) is 0 Å². The lowest BCUT2D eigenvalue weighted by atomic mass is 10.1. The molecular weight excluding hydrogens is 388 g/mol. The van der Waals surface area contributed by atoms with Gasteiger partial charge >= 0.3 is 0 Å². The average molecular weight is 417 g/mol. The molecule has 2 aromatic rings. The van der Waals surface area contributed by atoms with E-state index in [4.69, 9.17) is 16.3 Å². The largest absolute Gasteiger partial charge is 0.484 e. The minimum Gasteiger partial charge on any atom is -0.484 e. The normalized spacial score (nSPS) is 11.6. The number of carbonyl (C=O) groups excluding carboxylic acids is 2. The fourth-order valence-electron chi connectivity index (χ4n) is 3.12. The third-order valence-corrected chi connectivity index (χ3v) is 5.14. The van der Waals surface area contributed by atoms with Gasteiger partial charge in [0.2, 0.25) is 5.91 Å². The molecule has 0 spiro atoms. The lowest BCUT2D eigenvalue weighted by molar-refractivity contribution is -0.142. The van der Waals surface area contributed by atoms with Crippen molar-refractivity contribution in [3.05, 3.63) is 64.7 Å². The van der Waals surface area contributed by atoms with Crippen molar-refractivity contribution in [3.8, 4) is 5.75 Å². The van der Waals surface area contributed by atoms with Crippen LogP contribution in [0.1, 0.15) is 31.4 Å². The second kappa shape index (κ2) is 11.5. The van der Waals surface area contributed by atoms with Gasteiger partial charge in [0.05, 0.1) is 0 Å². The van der Waals surface area contributed by atoms with Crippen molar-refractivity contribution in [2.45, 2.75) is 39.7 Å². The van der Waals surface area contributed by atoms with Crippen molar-refractivity contribution < 1.29 is 14.3 Å². The molecule has 0 aliphatic heterocycles. The number of rotatable bonds is 10. The lowest BCUT2D eigenvalue weighted by Gasteiger charge is -2.30. The van der Waals surface area contributed by atoms with Crippen LogP contribution in [0.15, 0.2) is 48.5 Å². The first-order chi connectivity index (χ1) is 14.0. The molecule has 1 atom stereocenters. The second-order valence-electron chi connectivity index (χ2n) is 6.84. The van der Waals surface area contributed by atoms with Gasteiger partial charge in [0.25, 0.3) is 5.91 Å². The number of likely N-dealkylation sites (N-methyl/N-ethyl adjacent to an activating group) is 1. The standard InChI is InChI=1S/C23H29ClN2O3/c1-4-21(23(28)25-5-2)26(14-13-18-9-7-6-8-10-18)22(27)16-29-19-11-12-20(24)17(3)15-19/h6-12,15,21H,4-5,13-14,16H2,1-3H3,(H,25,28)/t21-/m1/s1. The Balaban J connectivity index is 2.11. The number of ether oxygens (including phenoxy) is 1. The molecule has 0 heterocycles. The minimum atomic E-state index is -0.526. The molecule has 0 aliphatic rings. The molecule has 2 amide bonds. The summed E-state index contributed by atoms with van der Waals surface area (Å²) in [6.45, 7) is 6.49. The van der Waals surface area contributed by atoms with Crippen molar-refractivity contribution in [3.63, 3.8) is 0 Å². The highest BCUT2D eigenvalue weighted by Crippen LogP contribution is 2.21. The minimum absolute atomic E-state index is 0.133. The van der Waals surface area contributed by atoms with Crippen LogP contribution in [0.2, 0.25) is 5.02 Å². The third-order valence-electron chi connectivity index (χ3n) is 4.71. The van der Waals surface area contributed by atoms with E-state index in [-0.39, 0.29) is 18.4 Å². The molecule has 0 aromatic heterocycles. The predicted molar refractivity (Wildman–Crippen MR) is 116 cm³/mol. The van der Waals surface area contributed by atoms with Crippen LogP contribution in [0, 0.1) is 6.92 Å². The van der Waals surface area contributed by atoms with Gasteiger partial charge in [-0.15, -0.1) is 0 Å². The number of halogens is 1. The highest BCUT2D eigenvalue weighted by atomic mass is 35.5.